The number of fused-ring (bicyclic) bond motifs is 1. The fourth-order valence-electron chi connectivity index (χ4n) is 3.81. The minimum atomic E-state index is -0.682. The number of amides is 1. The highest BCUT2D eigenvalue weighted by Crippen LogP contribution is 2.30. The van der Waals surface area contributed by atoms with Crippen LogP contribution in [0.15, 0.2) is 72.8 Å². The van der Waals surface area contributed by atoms with Gasteiger partial charge in [-0.3, -0.25) is 9.69 Å². The number of hydrogen-bond acceptors (Lipinski definition) is 3. The number of nitrogens with zero attached hydrogens (tertiary/aromatic N) is 1. The third-order valence-electron chi connectivity index (χ3n) is 5.27. The zero-order valence-electron chi connectivity index (χ0n) is 17.1. The molecule has 4 rings (SSSR count). The molecule has 3 aromatic rings. The summed E-state index contributed by atoms with van der Waals surface area (Å²) in [5.41, 5.74) is 2.51. The first-order chi connectivity index (χ1) is 15.1. The third-order valence-corrected chi connectivity index (χ3v) is 5.27. The molecule has 0 bridgehead atoms. The molecule has 0 saturated heterocycles. The normalized spacial score (nSPS) is 16.1. The topological polar surface area (TPSA) is 41.6 Å². The smallest absolute Gasteiger partial charge is 0.224 e. The molecule has 4 nitrogen and oxygen atoms in total. The average Bonchev–Trinajstić information content (AvgIpc) is 2.93. The van der Waals surface area contributed by atoms with Crippen molar-refractivity contribution in [3.05, 3.63) is 101 Å². The lowest BCUT2D eigenvalue weighted by atomic mass is 10.1. The molecule has 0 radical (unpaired) electrons. The fraction of sp³-hybridized carbons (Fsp3) is 0.240. The maximum absolute atomic E-state index is 13.3. The molecule has 0 aliphatic carbocycles. The lowest BCUT2D eigenvalue weighted by molar-refractivity contribution is -0.120. The van der Waals surface area contributed by atoms with E-state index in [1.54, 1.807) is 0 Å². The predicted octanol–water partition coefficient (Wildman–Crippen LogP) is 4.26. The van der Waals surface area contributed by atoms with Crippen LogP contribution in [0.3, 0.4) is 0 Å². The summed E-state index contributed by atoms with van der Waals surface area (Å²) in [6.07, 6.45) is -0.177. The van der Waals surface area contributed by atoms with Gasteiger partial charge >= 0.3 is 0 Å². The van der Waals surface area contributed by atoms with Crippen LogP contribution in [-0.4, -0.2) is 30.4 Å². The molecule has 160 valence electrons. The second kappa shape index (κ2) is 9.71. The molecule has 6 heteroatoms. The van der Waals surface area contributed by atoms with Crippen LogP contribution in [-0.2, 0) is 17.8 Å². The van der Waals surface area contributed by atoms with E-state index in [9.17, 15) is 13.6 Å². The second-order valence-electron chi connectivity index (χ2n) is 7.66. The Morgan fingerprint density at radius 2 is 1.71 bits per heavy atom. The van der Waals surface area contributed by atoms with Gasteiger partial charge in [-0.05, 0) is 29.3 Å². The standard InChI is InChI=1S/C25H24F2N2O2/c26-21-12-18(13-22(27)15-21)14-25(30)28-10-11-29-16-20-8-4-5-9-23(20)31-24(17-29)19-6-2-1-3-7-19/h1-9,12-13,15,24H,10-11,14,16-17H2,(H,28,30)/t24-/m0/s1. The van der Waals surface area contributed by atoms with Gasteiger partial charge in [0.2, 0.25) is 5.91 Å². The van der Waals surface area contributed by atoms with Gasteiger partial charge in [-0.25, -0.2) is 8.78 Å². The van der Waals surface area contributed by atoms with E-state index in [-0.39, 0.29) is 18.4 Å². The Hall–Kier alpha value is -3.25. The zero-order chi connectivity index (χ0) is 21.6. The van der Waals surface area contributed by atoms with Crippen molar-refractivity contribution in [2.45, 2.75) is 19.1 Å². The van der Waals surface area contributed by atoms with Crippen LogP contribution >= 0.6 is 0 Å². The third kappa shape index (κ3) is 5.67. The van der Waals surface area contributed by atoms with E-state index in [0.29, 0.717) is 31.7 Å². The number of ether oxygens (including phenoxy) is 1. The number of para-hydroxylation sites is 1. The molecule has 1 atom stereocenters. The number of carbonyl (C=O) groups excluding carboxylic acids is 1. The number of benzene rings is 3. The monoisotopic (exact) mass is 422 g/mol. The van der Waals surface area contributed by atoms with Gasteiger partial charge in [-0.1, -0.05) is 48.5 Å². The van der Waals surface area contributed by atoms with Crippen molar-refractivity contribution >= 4 is 5.91 Å². The molecule has 0 aromatic heterocycles. The van der Waals surface area contributed by atoms with Crippen molar-refractivity contribution in [2.24, 2.45) is 0 Å². The molecule has 0 fully saturated rings. The molecule has 0 unspecified atom stereocenters. The van der Waals surface area contributed by atoms with Gasteiger partial charge in [-0.2, -0.15) is 0 Å². The van der Waals surface area contributed by atoms with E-state index in [0.717, 1.165) is 22.9 Å². The Kier molecular flexibility index (Phi) is 6.57. The van der Waals surface area contributed by atoms with Crippen LogP contribution in [0.5, 0.6) is 5.75 Å². The lowest BCUT2D eigenvalue weighted by Gasteiger charge is -2.24. The van der Waals surface area contributed by atoms with Crippen LogP contribution < -0.4 is 10.1 Å². The first-order valence-corrected chi connectivity index (χ1v) is 10.3. The highest BCUT2D eigenvalue weighted by Gasteiger charge is 2.24. The molecular weight excluding hydrogens is 398 g/mol. The van der Waals surface area contributed by atoms with Crippen LogP contribution in [0, 0.1) is 11.6 Å². The molecular formula is C25H24F2N2O2. The largest absolute Gasteiger partial charge is 0.484 e. The van der Waals surface area contributed by atoms with E-state index < -0.39 is 11.6 Å². The first kappa shape index (κ1) is 21.0. The Balaban J connectivity index is 1.38. The second-order valence-corrected chi connectivity index (χ2v) is 7.66. The number of hydrogen-bond donors (Lipinski definition) is 1. The van der Waals surface area contributed by atoms with Gasteiger partial charge in [0, 0.05) is 37.8 Å². The van der Waals surface area contributed by atoms with Crippen molar-refractivity contribution in [1.82, 2.24) is 10.2 Å². The molecule has 1 N–H and O–H groups in total. The first-order valence-electron chi connectivity index (χ1n) is 10.3. The van der Waals surface area contributed by atoms with Gasteiger partial charge < -0.3 is 10.1 Å². The molecule has 1 aliphatic heterocycles. The SMILES string of the molecule is O=C(Cc1cc(F)cc(F)c1)NCCN1Cc2ccccc2O[C@H](c2ccccc2)C1. The average molecular weight is 422 g/mol. The number of rotatable bonds is 6. The quantitative estimate of drug-likeness (QED) is 0.646. The predicted molar refractivity (Wildman–Crippen MR) is 115 cm³/mol. The molecule has 31 heavy (non-hydrogen) atoms. The molecule has 1 aliphatic rings. The molecule has 3 aromatic carbocycles. The van der Waals surface area contributed by atoms with Crippen molar-refractivity contribution in [3.8, 4) is 5.75 Å². The summed E-state index contributed by atoms with van der Waals surface area (Å²) in [5.74, 6) is -0.761. The van der Waals surface area contributed by atoms with Crippen LogP contribution in [0.1, 0.15) is 22.8 Å². The molecule has 0 spiro atoms. The van der Waals surface area contributed by atoms with Crippen LogP contribution in [0.2, 0.25) is 0 Å². The maximum Gasteiger partial charge on any atom is 0.224 e. The van der Waals surface area contributed by atoms with Gasteiger partial charge in [-0.15, -0.1) is 0 Å². The number of carbonyl (C=O) groups is 1. The Morgan fingerprint density at radius 3 is 2.48 bits per heavy atom. The highest BCUT2D eigenvalue weighted by atomic mass is 19.1. The minimum absolute atomic E-state index is 0.0622. The Labute approximate surface area is 180 Å². The Bertz CT molecular complexity index is 1020. The Morgan fingerprint density at radius 1 is 1.00 bits per heavy atom. The van der Waals surface area contributed by atoms with E-state index in [2.05, 4.69) is 22.3 Å². The van der Waals surface area contributed by atoms with Gasteiger partial charge in [0.15, 0.2) is 0 Å². The fourth-order valence-corrected chi connectivity index (χ4v) is 3.81. The molecule has 1 heterocycles. The molecule has 0 saturated carbocycles. The van der Waals surface area contributed by atoms with Crippen molar-refractivity contribution in [3.63, 3.8) is 0 Å². The highest BCUT2D eigenvalue weighted by molar-refractivity contribution is 5.78. The summed E-state index contributed by atoms with van der Waals surface area (Å²) in [4.78, 5) is 14.5. The maximum atomic E-state index is 13.3. The zero-order valence-corrected chi connectivity index (χ0v) is 17.1. The number of halogens is 2. The van der Waals surface area contributed by atoms with E-state index in [1.165, 1.54) is 12.1 Å². The molecule has 1 amide bonds. The summed E-state index contributed by atoms with van der Waals surface area (Å²) < 4.78 is 32.9. The summed E-state index contributed by atoms with van der Waals surface area (Å²) >= 11 is 0. The van der Waals surface area contributed by atoms with Crippen molar-refractivity contribution in [2.75, 3.05) is 19.6 Å². The summed E-state index contributed by atoms with van der Waals surface area (Å²) in [6, 6.07) is 21.2. The van der Waals surface area contributed by atoms with Gasteiger partial charge in [0.1, 0.15) is 23.5 Å². The van der Waals surface area contributed by atoms with Crippen LogP contribution in [0.25, 0.3) is 0 Å². The minimum Gasteiger partial charge on any atom is -0.484 e. The number of nitrogens with one attached hydrogen (secondary N) is 1. The van der Waals surface area contributed by atoms with E-state index in [1.807, 2.05) is 42.5 Å². The van der Waals surface area contributed by atoms with E-state index >= 15 is 0 Å². The summed E-state index contributed by atoms with van der Waals surface area (Å²) in [5, 5.41) is 2.85. The summed E-state index contributed by atoms with van der Waals surface area (Å²) in [6.45, 7) is 2.46. The van der Waals surface area contributed by atoms with Gasteiger partial charge in [0.25, 0.3) is 0 Å². The van der Waals surface area contributed by atoms with E-state index in [4.69, 9.17) is 4.74 Å². The summed E-state index contributed by atoms with van der Waals surface area (Å²) in [7, 11) is 0. The van der Waals surface area contributed by atoms with Crippen molar-refractivity contribution < 1.29 is 18.3 Å². The van der Waals surface area contributed by atoms with Crippen molar-refractivity contribution in [1.29, 1.82) is 0 Å². The van der Waals surface area contributed by atoms with Crippen LogP contribution in [0.4, 0.5) is 8.78 Å². The lowest BCUT2D eigenvalue weighted by Crippen LogP contribution is -2.37. The van der Waals surface area contributed by atoms with Gasteiger partial charge in [0.05, 0.1) is 6.42 Å².